The Labute approximate surface area is 159 Å². The van der Waals surface area contributed by atoms with Gasteiger partial charge in [-0.1, -0.05) is 68.4 Å². The summed E-state index contributed by atoms with van der Waals surface area (Å²) in [5.41, 5.74) is 0. The third kappa shape index (κ3) is 18.7. The minimum absolute atomic E-state index is 0.00755. The second kappa shape index (κ2) is 19.7. The molecule has 0 aromatic rings. The predicted molar refractivity (Wildman–Crippen MR) is 110 cm³/mol. The molecule has 0 spiro atoms. The molecule has 1 atom stereocenters. The second-order valence-electron chi connectivity index (χ2n) is 6.26. The molecule has 4 nitrogen and oxygen atoms in total. The minimum atomic E-state index is -0.422. The van der Waals surface area contributed by atoms with Crippen molar-refractivity contribution in [3.8, 4) is 0 Å². The molecule has 0 unspecified atom stereocenters. The lowest BCUT2D eigenvalue weighted by atomic mass is 10.1. The van der Waals surface area contributed by atoms with Gasteiger partial charge in [-0.25, -0.2) is 0 Å². The number of hydrogen-bond acceptors (Lipinski definition) is 3. The average molecular weight is 364 g/mol. The van der Waals surface area contributed by atoms with Gasteiger partial charge in [-0.15, -0.1) is 0 Å². The van der Waals surface area contributed by atoms with Crippen molar-refractivity contribution >= 4 is 5.91 Å². The lowest BCUT2D eigenvalue weighted by molar-refractivity contribution is -0.121. The van der Waals surface area contributed by atoms with Crippen molar-refractivity contribution in [1.82, 2.24) is 5.32 Å². The van der Waals surface area contributed by atoms with E-state index in [1.165, 1.54) is 19.3 Å². The molecular formula is C22H37NO3. The van der Waals surface area contributed by atoms with Gasteiger partial charge in [0, 0.05) is 13.0 Å². The summed E-state index contributed by atoms with van der Waals surface area (Å²) < 4.78 is 0. The van der Waals surface area contributed by atoms with E-state index in [1.54, 1.807) is 0 Å². The smallest absolute Gasteiger partial charge is 0.220 e. The van der Waals surface area contributed by atoms with Crippen LogP contribution in [0.15, 0.2) is 48.6 Å². The molecule has 0 aliphatic rings. The molecule has 0 radical (unpaired) electrons. The Morgan fingerprint density at radius 1 is 1.00 bits per heavy atom. The molecule has 0 aromatic heterocycles. The maximum absolute atomic E-state index is 11.3. The number of hydrogen-bond donors (Lipinski definition) is 3. The Morgan fingerprint density at radius 2 is 1.77 bits per heavy atom. The highest BCUT2D eigenvalue weighted by molar-refractivity contribution is 5.75. The number of carbonyl (C=O) groups excluding carboxylic acids is 1. The van der Waals surface area contributed by atoms with Crippen LogP contribution in [0.4, 0.5) is 0 Å². The Hall–Kier alpha value is -1.65. The zero-order valence-corrected chi connectivity index (χ0v) is 16.3. The van der Waals surface area contributed by atoms with E-state index in [9.17, 15) is 9.90 Å². The monoisotopic (exact) mass is 363 g/mol. The number of allylic oxidation sites excluding steroid dienone is 6. The molecule has 0 aliphatic carbocycles. The van der Waals surface area contributed by atoms with Crippen molar-refractivity contribution in [2.45, 2.75) is 70.8 Å². The number of nitrogens with one attached hydrogen (secondary N) is 1. The van der Waals surface area contributed by atoms with Gasteiger partial charge in [0.05, 0.1) is 12.7 Å². The van der Waals surface area contributed by atoms with Crippen LogP contribution < -0.4 is 5.32 Å². The molecule has 4 heteroatoms. The van der Waals surface area contributed by atoms with Gasteiger partial charge in [0.15, 0.2) is 0 Å². The van der Waals surface area contributed by atoms with Gasteiger partial charge < -0.3 is 15.5 Å². The van der Waals surface area contributed by atoms with Crippen molar-refractivity contribution < 1.29 is 15.0 Å². The molecule has 0 saturated heterocycles. The lowest BCUT2D eigenvalue weighted by Gasteiger charge is -2.00. The summed E-state index contributed by atoms with van der Waals surface area (Å²) in [6.07, 6.45) is 24.1. The molecule has 26 heavy (non-hydrogen) atoms. The van der Waals surface area contributed by atoms with Crippen LogP contribution in [0.3, 0.4) is 0 Å². The van der Waals surface area contributed by atoms with Crippen LogP contribution in [0, 0.1) is 0 Å². The topological polar surface area (TPSA) is 69.6 Å². The van der Waals surface area contributed by atoms with E-state index >= 15 is 0 Å². The average Bonchev–Trinajstić information content (AvgIpc) is 2.64. The van der Waals surface area contributed by atoms with Gasteiger partial charge >= 0.3 is 0 Å². The first-order valence-corrected chi connectivity index (χ1v) is 9.89. The first-order valence-electron chi connectivity index (χ1n) is 9.89. The number of rotatable bonds is 16. The van der Waals surface area contributed by atoms with E-state index in [0.717, 1.165) is 25.7 Å². The SMILES string of the molecule is CCCCC/C=C\C[C@@H](O)/C=C/C=C\C/C=C\CCCC(=O)NCCO. The van der Waals surface area contributed by atoms with Crippen molar-refractivity contribution in [2.24, 2.45) is 0 Å². The van der Waals surface area contributed by atoms with E-state index in [2.05, 4.69) is 36.5 Å². The summed E-state index contributed by atoms with van der Waals surface area (Å²) in [7, 11) is 0. The minimum Gasteiger partial charge on any atom is -0.395 e. The fourth-order valence-electron chi connectivity index (χ4n) is 2.25. The van der Waals surface area contributed by atoms with Gasteiger partial charge in [0.25, 0.3) is 0 Å². The van der Waals surface area contributed by atoms with E-state index in [4.69, 9.17) is 5.11 Å². The summed E-state index contributed by atoms with van der Waals surface area (Å²) in [6.45, 7) is 2.51. The van der Waals surface area contributed by atoms with Gasteiger partial charge in [-0.05, 0) is 38.5 Å². The highest BCUT2D eigenvalue weighted by Gasteiger charge is 1.97. The first kappa shape index (κ1) is 24.4. The molecule has 0 bridgehead atoms. The predicted octanol–water partition coefficient (Wildman–Crippen LogP) is 4.21. The van der Waals surface area contributed by atoms with Crippen molar-refractivity contribution in [2.75, 3.05) is 13.2 Å². The van der Waals surface area contributed by atoms with Crippen LogP contribution in [0.1, 0.15) is 64.7 Å². The molecule has 148 valence electrons. The number of aliphatic hydroxyl groups excluding tert-OH is 2. The third-order valence-corrected chi connectivity index (χ3v) is 3.75. The Morgan fingerprint density at radius 3 is 2.54 bits per heavy atom. The molecule has 3 N–H and O–H groups in total. The second-order valence-corrected chi connectivity index (χ2v) is 6.26. The lowest BCUT2D eigenvalue weighted by Crippen LogP contribution is -2.25. The van der Waals surface area contributed by atoms with Crippen LogP contribution in [-0.4, -0.2) is 35.4 Å². The van der Waals surface area contributed by atoms with E-state index in [1.807, 2.05) is 24.3 Å². The zero-order chi connectivity index (χ0) is 19.3. The van der Waals surface area contributed by atoms with Crippen LogP contribution in [0.5, 0.6) is 0 Å². The molecule has 0 aliphatic heterocycles. The molecule has 0 aromatic carbocycles. The van der Waals surface area contributed by atoms with Gasteiger partial charge in [0.1, 0.15) is 0 Å². The van der Waals surface area contributed by atoms with Gasteiger partial charge in [-0.2, -0.15) is 0 Å². The summed E-state index contributed by atoms with van der Waals surface area (Å²) in [5.74, 6) is -0.00755. The number of aliphatic hydroxyl groups is 2. The third-order valence-electron chi connectivity index (χ3n) is 3.75. The Bertz CT molecular complexity index is 439. The molecule has 0 heterocycles. The van der Waals surface area contributed by atoms with E-state index in [0.29, 0.717) is 19.4 Å². The number of amides is 1. The summed E-state index contributed by atoms with van der Waals surface area (Å²) >= 11 is 0. The van der Waals surface area contributed by atoms with E-state index in [-0.39, 0.29) is 12.5 Å². The fourth-order valence-corrected chi connectivity index (χ4v) is 2.25. The maximum atomic E-state index is 11.3. The van der Waals surface area contributed by atoms with Crippen molar-refractivity contribution in [3.63, 3.8) is 0 Å². The summed E-state index contributed by atoms with van der Waals surface area (Å²) in [4.78, 5) is 11.3. The quantitative estimate of drug-likeness (QED) is 0.218. The highest BCUT2D eigenvalue weighted by Crippen LogP contribution is 2.02. The fraction of sp³-hybridized carbons (Fsp3) is 0.591. The van der Waals surface area contributed by atoms with E-state index < -0.39 is 6.10 Å². The molecular weight excluding hydrogens is 326 g/mol. The molecule has 1 amide bonds. The zero-order valence-electron chi connectivity index (χ0n) is 16.3. The molecule has 0 saturated carbocycles. The van der Waals surface area contributed by atoms with Crippen LogP contribution >= 0.6 is 0 Å². The molecule has 0 fully saturated rings. The highest BCUT2D eigenvalue weighted by atomic mass is 16.3. The summed E-state index contributed by atoms with van der Waals surface area (Å²) in [5, 5.41) is 21.0. The van der Waals surface area contributed by atoms with Crippen LogP contribution in [-0.2, 0) is 4.79 Å². The number of carbonyl (C=O) groups is 1. The number of unbranched alkanes of at least 4 members (excludes halogenated alkanes) is 4. The first-order chi connectivity index (χ1) is 12.7. The maximum Gasteiger partial charge on any atom is 0.220 e. The standard InChI is InChI=1S/C22H37NO3/c1-2-3-4-5-10-13-16-21(25)17-14-11-8-6-7-9-12-15-18-22(26)23-19-20-24/h7-11,13-14,17,21,24-25H,2-6,12,15-16,18-20H2,1H3,(H,23,26)/b9-7-,11-8-,13-10-,17-14+/t21-/m1/s1. The normalized spacial score (nSPS) is 13.5. The molecule has 0 rings (SSSR count). The van der Waals surface area contributed by atoms with Crippen LogP contribution in [0.2, 0.25) is 0 Å². The van der Waals surface area contributed by atoms with Crippen molar-refractivity contribution in [3.05, 3.63) is 48.6 Å². The Balaban J connectivity index is 3.63. The van der Waals surface area contributed by atoms with Gasteiger partial charge in [-0.3, -0.25) is 4.79 Å². The van der Waals surface area contributed by atoms with Crippen molar-refractivity contribution in [1.29, 1.82) is 0 Å². The Kier molecular flexibility index (Phi) is 18.4. The van der Waals surface area contributed by atoms with Crippen LogP contribution in [0.25, 0.3) is 0 Å². The largest absolute Gasteiger partial charge is 0.395 e. The summed E-state index contributed by atoms with van der Waals surface area (Å²) in [6, 6.07) is 0. The van der Waals surface area contributed by atoms with Gasteiger partial charge in [0.2, 0.25) is 5.91 Å².